The van der Waals surface area contributed by atoms with Gasteiger partial charge in [0.1, 0.15) is 5.75 Å². The summed E-state index contributed by atoms with van der Waals surface area (Å²) < 4.78 is 0. The third-order valence-electron chi connectivity index (χ3n) is 3.28. The van der Waals surface area contributed by atoms with E-state index < -0.39 is 0 Å². The summed E-state index contributed by atoms with van der Waals surface area (Å²) in [4.78, 5) is 0. The SMILES string of the molecule is CCC(O)CNC1CCc2cc(O)ccc21. The number of phenolic OH excluding ortho intramolecular Hbond substituents is 1. The van der Waals surface area contributed by atoms with Crippen LogP contribution >= 0.6 is 0 Å². The minimum Gasteiger partial charge on any atom is -0.508 e. The highest BCUT2D eigenvalue weighted by Gasteiger charge is 2.22. The van der Waals surface area contributed by atoms with E-state index in [0.29, 0.717) is 18.3 Å². The van der Waals surface area contributed by atoms with E-state index in [2.05, 4.69) is 5.32 Å². The van der Waals surface area contributed by atoms with Gasteiger partial charge >= 0.3 is 0 Å². The summed E-state index contributed by atoms with van der Waals surface area (Å²) in [5.41, 5.74) is 2.49. The van der Waals surface area contributed by atoms with Crippen molar-refractivity contribution in [1.82, 2.24) is 5.32 Å². The third kappa shape index (κ3) is 2.36. The summed E-state index contributed by atoms with van der Waals surface area (Å²) in [6.45, 7) is 2.62. The Morgan fingerprint density at radius 2 is 2.31 bits per heavy atom. The van der Waals surface area contributed by atoms with Crippen molar-refractivity contribution in [3.8, 4) is 5.75 Å². The number of phenols is 1. The van der Waals surface area contributed by atoms with E-state index in [1.807, 2.05) is 19.1 Å². The van der Waals surface area contributed by atoms with Gasteiger partial charge in [0, 0.05) is 12.6 Å². The first-order valence-corrected chi connectivity index (χ1v) is 5.94. The Kier molecular flexibility index (Phi) is 3.46. The van der Waals surface area contributed by atoms with Crippen LogP contribution < -0.4 is 5.32 Å². The molecule has 0 heterocycles. The second-order valence-corrected chi connectivity index (χ2v) is 4.44. The van der Waals surface area contributed by atoms with Crippen molar-refractivity contribution in [2.24, 2.45) is 0 Å². The van der Waals surface area contributed by atoms with Crippen LogP contribution in [0.1, 0.15) is 36.9 Å². The van der Waals surface area contributed by atoms with Crippen LogP contribution in [0.5, 0.6) is 5.75 Å². The molecule has 3 N–H and O–H groups in total. The van der Waals surface area contributed by atoms with Gasteiger partial charge in [-0.05, 0) is 42.5 Å². The fraction of sp³-hybridized carbons (Fsp3) is 0.538. The van der Waals surface area contributed by atoms with Crippen molar-refractivity contribution in [3.05, 3.63) is 29.3 Å². The summed E-state index contributed by atoms with van der Waals surface area (Å²) in [5, 5.41) is 22.3. The maximum atomic E-state index is 9.51. The molecular weight excluding hydrogens is 202 g/mol. The van der Waals surface area contributed by atoms with E-state index in [4.69, 9.17) is 0 Å². The van der Waals surface area contributed by atoms with E-state index in [9.17, 15) is 10.2 Å². The Morgan fingerprint density at radius 1 is 1.50 bits per heavy atom. The lowest BCUT2D eigenvalue weighted by atomic mass is 10.1. The average molecular weight is 221 g/mol. The lowest BCUT2D eigenvalue weighted by Crippen LogP contribution is -2.28. The number of hydrogen-bond acceptors (Lipinski definition) is 3. The molecule has 0 spiro atoms. The Bertz CT molecular complexity index is 365. The molecule has 2 unspecified atom stereocenters. The Balaban J connectivity index is 2.01. The minimum atomic E-state index is -0.263. The minimum absolute atomic E-state index is 0.263. The molecule has 1 aromatic rings. The standard InChI is InChI=1S/C13H19NO2/c1-2-10(15)8-14-13-6-3-9-7-11(16)4-5-12(9)13/h4-5,7,10,13-16H,2-3,6,8H2,1H3. The number of aliphatic hydroxyl groups excluding tert-OH is 1. The molecule has 0 amide bonds. The maximum Gasteiger partial charge on any atom is 0.115 e. The Labute approximate surface area is 96.1 Å². The molecule has 16 heavy (non-hydrogen) atoms. The van der Waals surface area contributed by atoms with Crippen LogP contribution in [0.2, 0.25) is 0 Å². The summed E-state index contributed by atoms with van der Waals surface area (Å²) >= 11 is 0. The molecule has 1 aromatic carbocycles. The van der Waals surface area contributed by atoms with Crippen LogP contribution in [0.3, 0.4) is 0 Å². The Morgan fingerprint density at radius 3 is 3.06 bits per heavy atom. The van der Waals surface area contributed by atoms with Crippen LogP contribution in [-0.2, 0) is 6.42 Å². The van der Waals surface area contributed by atoms with Crippen LogP contribution in [0.4, 0.5) is 0 Å². The monoisotopic (exact) mass is 221 g/mol. The number of aromatic hydroxyl groups is 1. The van der Waals surface area contributed by atoms with Crippen molar-refractivity contribution >= 4 is 0 Å². The maximum absolute atomic E-state index is 9.51. The second-order valence-electron chi connectivity index (χ2n) is 4.44. The van der Waals surface area contributed by atoms with Crippen LogP contribution in [-0.4, -0.2) is 22.9 Å². The normalized spacial score (nSPS) is 20.8. The van der Waals surface area contributed by atoms with Crippen LogP contribution in [0, 0.1) is 0 Å². The van der Waals surface area contributed by atoms with Crippen molar-refractivity contribution in [3.63, 3.8) is 0 Å². The Hall–Kier alpha value is -1.06. The molecule has 0 aromatic heterocycles. The van der Waals surface area contributed by atoms with Gasteiger partial charge in [0.2, 0.25) is 0 Å². The van der Waals surface area contributed by atoms with Crippen molar-refractivity contribution in [2.45, 2.75) is 38.3 Å². The second kappa shape index (κ2) is 4.85. The molecule has 2 atom stereocenters. The highest BCUT2D eigenvalue weighted by Crippen LogP contribution is 2.33. The number of nitrogens with one attached hydrogen (secondary N) is 1. The zero-order chi connectivity index (χ0) is 11.5. The molecule has 0 fully saturated rings. The summed E-state index contributed by atoms with van der Waals surface area (Å²) in [6, 6.07) is 5.88. The number of rotatable bonds is 4. The molecule has 88 valence electrons. The first-order valence-electron chi connectivity index (χ1n) is 5.94. The van der Waals surface area contributed by atoms with Gasteiger partial charge in [-0.3, -0.25) is 0 Å². The molecule has 0 radical (unpaired) electrons. The lowest BCUT2D eigenvalue weighted by molar-refractivity contribution is 0.163. The van der Waals surface area contributed by atoms with Crippen LogP contribution in [0.15, 0.2) is 18.2 Å². The number of benzene rings is 1. The molecule has 3 nitrogen and oxygen atoms in total. The van der Waals surface area contributed by atoms with E-state index in [1.165, 1.54) is 11.1 Å². The molecule has 0 bridgehead atoms. The van der Waals surface area contributed by atoms with Gasteiger partial charge in [0.25, 0.3) is 0 Å². The molecule has 1 aliphatic carbocycles. The highest BCUT2D eigenvalue weighted by molar-refractivity contribution is 5.39. The fourth-order valence-electron chi connectivity index (χ4n) is 2.24. The highest BCUT2D eigenvalue weighted by atomic mass is 16.3. The molecule has 0 saturated heterocycles. The smallest absolute Gasteiger partial charge is 0.115 e. The number of aliphatic hydroxyl groups is 1. The van der Waals surface area contributed by atoms with Crippen LogP contribution in [0.25, 0.3) is 0 Å². The van der Waals surface area contributed by atoms with Crippen molar-refractivity contribution in [2.75, 3.05) is 6.54 Å². The fourth-order valence-corrected chi connectivity index (χ4v) is 2.24. The number of fused-ring (bicyclic) bond motifs is 1. The van der Waals surface area contributed by atoms with Gasteiger partial charge in [0.15, 0.2) is 0 Å². The number of hydrogen-bond donors (Lipinski definition) is 3. The zero-order valence-electron chi connectivity index (χ0n) is 9.61. The van der Waals surface area contributed by atoms with Crippen molar-refractivity contribution in [1.29, 1.82) is 0 Å². The predicted molar refractivity (Wildman–Crippen MR) is 63.5 cm³/mol. The predicted octanol–water partition coefficient (Wildman–Crippen LogP) is 1.74. The van der Waals surface area contributed by atoms with E-state index in [-0.39, 0.29) is 6.10 Å². The molecule has 1 aliphatic rings. The zero-order valence-corrected chi connectivity index (χ0v) is 9.61. The van der Waals surface area contributed by atoms with Gasteiger partial charge in [-0.25, -0.2) is 0 Å². The topological polar surface area (TPSA) is 52.5 Å². The molecule has 2 rings (SSSR count). The summed E-state index contributed by atoms with van der Waals surface area (Å²) in [7, 11) is 0. The summed E-state index contributed by atoms with van der Waals surface area (Å²) in [5.74, 6) is 0.341. The van der Waals surface area contributed by atoms with Gasteiger partial charge < -0.3 is 15.5 Å². The number of aryl methyl sites for hydroxylation is 1. The largest absolute Gasteiger partial charge is 0.508 e. The van der Waals surface area contributed by atoms with E-state index >= 15 is 0 Å². The van der Waals surface area contributed by atoms with Gasteiger partial charge in [-0.2, -0.15) is 0 Å². The first-order chi connectivity index (χ1) is 7.70. The van der Waals surface area contributed by atoms with Gasteiger partial charge in [-0.1, -0.05) is 13.0 Å². The molecule has 0 aliphatic heterocycles. The molecular formula is C13H19NO2. The quantitative estimate of drug-likeness (QED) is 0.726. The molecule has 3 heteroatoms. The van der Waals surface area contributed by atoms with Crippen molar-refractivity contribution < 1.29 is 10.2 Å². The molecule has 0 saturated carbocycles. The first kappa shape index (κ1) is 11.4. The van der Waals surface area contributed by atoms with E-state index in [1.54, 1.807) is 6.07 Å². The average Bonchev–Trinajstić information content (AvgIpc) is 2.68. The van der Waals surface area contributed by atoms with Gasteiger partial charge in [-0.15, -0.1) is 0 Å². The third-order valence-corrected chi connectivity index (χ3v) is 3.28. The van der Waals surface area contributed by atoms with Gasteiger partial charge in [0.05, 0.1) is 6.10 Å². The summed E-state index contributed by atoms with van der Waals surface area (Å²) in [6.07, 6.45) is 2.57. The lowest BCUT2D eigenvalue weighted by Gasteiger charge is -2.16. The van der Waals surface area contributed by atoms with E-state index in [0.717, 1.165) is 19.3 Å².